The van der Waals surface area contributed by atoms with E-state index in [9.17, 15) is 14.4 Å². The van der Waals surface area contributed by atoms with Crippen LogP contribution in [0.15, 0.2) is 103 Å². The molecule has 11 nitrogen and oxygen atoms in total. The highest BCUT2D eigenvalue weighted by Gasteiger charge is 2.19. The average molecular weight is 612 g/mol. The van der Waals surface area contributed by atoms with E-state index < -0.39 is 5.97 Å². The first-order valence-electron chi connectivity index (χ1n) is 14.4. The summed E-state index contributed by atoms with van der Waals surface area (Å²) in [6, 6.07) is 29.1. The molecule has 0 aliphatic heterocycles. The number of hydrogen-bond acceptors (Lipinski definition) is 7. The van der Waals surface area contributed by atoms with Gasteiger partial charge in [-0.25, -0.2) is 15.0 Å². The second-order valence-corrected chi connectivity index (χ2v) is 10.6. The van der Waals surface area contributed by atoms with E-state index in [1.165, 1.54) is 6.92 Å². The molecule has 6 aromatic rings. The number of nitrogens with one attached hydrogen (secondary N) is 2. The van der Waals surface area contributed by atoms with Gasteiger partial charge in [-0.05, 0) is 71.8 Å². The number of carbonyl (C=O) groups is 3. The summed E-state index contributed by atoms with van der Waals surface area (Å²) in [7, 11) is 0. The molecule has 6 rings (SSSR count). The van der Waals surface area contributed by atoms with Crippen molar-refractivity contribution in [2.45, 2.75) is 19.9 Å². The Morgan fingerprint density at radius 3 is 2.43 bits per heavy atom. The smallest absolute Gasteiger partial charge is 0.307 e. The summed E-state index contributed by atoms with van der Waals surface area (Å²) in [5, 5.41) is 14.8. The highest BCUT2D eigenvalue weighted by Crippen LogP contribution is 2.32. The lowest BCUT2D eigenvalue weighted by atomic mass is 10.1. The van der Waals surface area contributed by atoms with Crippen LogP contribution in [0.5, 0.6) is 0 Å². The molecule has 0 radical (unpaired) electrons. The van der Waals surface area contributed by atoms with Crippen molar-refractivity contribution >= 4 is 40.5 Å². The highest BCUT2D eigenvalue weighted by molar-refractivity contribution is 5.94. The molecule has 0 bridgehead atoms. The Morgan fingerprint density at radius 2 is 1.67 bits per heavy atom. The first kappa shape index (κ1) is 29.7. The van der Waals surface area contributed by atoms with Gasteiger partial charge in [0.15, 0.2) is 11.5 Å². The molecule has 11 heteroatoms. The predicted molar refractivity (Wildman–Crippen MR) is 175 cm³/mol. The molecule has 3 aromatic heterocycles. The van der Waals surface area contributed by atoms with E-state index >= 15 is 0 Å². The highest BCUT2D eigenvalue weighted by atomic mass is 16.4. The molecule has 0 aliphatic rings. The number of fused-ring (bicyclic) bond motifs is 1. The van der Waals surface area contributed by atoms with E-state index in [4.69, 9.17) is 20.8 Å². The number of nitrogens with zero attached hydrogens (tertiary/aromatic N) is 4. The molecule has 2 amide bonds. The second kappa shape index (κ2) is 12.7. The van der Waals surface area contributed by atoms with Crippen molar-refractivity contribution in [1.82, 2.24) is 24.8 Å². The third-order valence-electron chi connectivity index (χ3n) is 7.25. The van der Waals surface area contributed by atoms with Gasteiger partial charge in [-0.15, -0.1) is 0 Å². The maximum absolute atomic E-state index is 12.8. The molecule has 0 aliphatic carbocycles. The van der Waals surface area contributed by atoms with Crippen LogP contribution in [0.2, 0.25) is 0 Å². The zero-order chi connectivity index (χ0) is 32.2. The molecular formula is C35H29N7O4. The predicted octanol–water partition coefficient (Wildman–Crippen LogP) is 5.25. The molecule has 0 fully saturated rings. The van der Waals surface area contributed by atoms with Crippen LogP contribution in [0, 0.1) is 0 Å². The number of aliphatic carboxylic acids is 1. The van der Waals surface area contributed by atoms with Crippen molar-refractivity contribution in [3.05, 3.63) is 120 Å². The molecule has 0 unspecified atom stereocenters. The van der Waals surface area contributed by atoms with Gasteiger partial charge in [-0.2, -0.15) is 0 Å². The van der Waals surface area contributed by atoms with Crippen LogP contribution >= 0.6 is 0 Å². The molecule has 3 aromatic carbocycles. The van der Waals surface area contributed by atoms with Crippen molar-refractivity contribution in [3.8, 4) is 28.3 Å². The normalized spacial score (nSPS) is 10.9. The van der Waals surface area contributed by atoms with Crippen molar-refractivity contribution in [2.75, 3.05) is 11.1 Å². The Bertz CT molecular complexity index is 2100. The Balaban J connectivity index is 1.33. The number of carboxylic acids is 1. The zero-order valence-electron chi connectivity index (χ0n) is 24.8. The van der Waals surface area contributed by atoms with Crippen LogP contribution < -0.4 is 16.4 Å². The minimum Gasteiger partial charge on any atom is -0.481 e. The number of carbonyl (C=O) groups excluding carboxylic acids is 2. The number of amides is 2. The number of imidazole rings is 1. The lowest BCUT2D eigenvalue weighted by molar-refractivity contribution is -0.136. The van der Waals surface area contributed by atoms with Gasteiger partial charge in [-0.1, -0.05) is 36.4 Å². The van der Waals surface area contributed by atoms with Gasteiger partial charge >= 0.3 is 5.97 Å². The summed E-state index contributed by atoms with van der Waals surface area (Å²) < 4.78 is 1.92. The SMILES string of the molecule is CC(=O)Nc1cccc(-c2ccc3nc(-c4cccnc4N)n(-c4ccc(CNC(=O)c5cccc(CC(=O)O)c5)cc4)c3n2)c1. The fourth-order valence-electron chi connectivity index (χ4n) is 5.15. The van der Waals surface area contributed by atoms with Crippen molar-refractivity contribution in [3.63, 3.8) is 0 Å². The summed E-state index contributed by atoms with van der Waals surface area (Å²) in [5.74, 6) is -0.523. The maximum atomic E-state index is 12.8. The second-order valence-electron chi connectivity index (χ2n) is 10.6. The van der Waals surface area contributed by atoms with Crippen LogP contribution in [-0.2, 0) is 22.6 Å². The van der Waals surface area contributed by atoms with Crippen molar-refractivity contribution in [2.24, 2.45) is 0 Å². The number of rotatable bonds is 9. The van der Waals surface area contributed by atoms with Gasteiger partial charge in [0.1, 0.15) is 11.3 Å². The van der Waals surface area contributed by atoms with E-state index in [-0.39, 0.29) is 24.8 Å². The summed E-state index contributed by atoms with van der Waals surface area (Å²) >= 11 is 0. The van der Waals surface area contributed by atoms with Gasteiger partial charge in [0, 0.05) is 42.2 Å². The van der Waals surface area contributed by atoms with Crippen molar-refractivity contribution in [1.29, 1.82) is 0 Å². The molecule has 46 heavy (non-hydrogen) atoms. The Labute approximate surface area is 263 Å². The third-order valence-corrected chi connectivity index (χ3v) is 7.25. The number of nitrogens with two attached hydrogens (primary N) is 1. The van der Waals surface area contributed by atoms with E-state index in [0.717, 1.165) is 16.8 Å². The largest absolute Gasteiger partial charge is 0.481 e. The van der Waals surface area contributed by atoms with E-state index in [2.05, 4.69) is 15.6 Å². The minimum absolute atomic E-state index is 0.155. The summed E-state index contributed by atoms with van der Waals surface area (Å²) in [6.45, 7) is 1.73. The molecule has 0 spiro atoms. The fourth-order valence-corrected chi connectivity index (χ4v) is 5.15. The third kappa shape index (κ3) is 6.43. The van der Waals surface area contributed by atoms with Crippen LogP contribution in [-0.4, -0.2) is 42.4 Å². The Kier molecular flexibility index (Phi) is 8.20. The molecular weight excluding hydrogens is 582 g/mol. The van der Waals surface area contributed by atoms with Crippen molar-refractivity contribution < 1.29 is 19.5 Å². The molecule has 3 heterocycles. The molecule has 0 atom stereocenters. The number of nitrogen functional groups attached to an aromatic ring is 1. The number of aromatic nitrogens is 4. The number of benzene rings is 3. The molecule has 5 N–H and O–H groups in total. The van der Waals surface area contributed by atoms with Gasteiger partial charge in [-0.3, -0.25) is 19.0 Å². The Morgan fingerprint density at radius 1 is 0.870 bits per heavy atom. The van der Waals surface area contributed by atoms with Crippen LogP contribution in [0.1, 0.15) is 28.4 Å². The number of carboxylic acid groups (broad SMARTS) is 1. The fraction of sp³-hybridized carbons (Fsp3) is 0.0857. The van der Waals surface area contributed by atoms with Crippen LogP contribution in [0.25, 0.3) is 39.5 Å². The molecule has 0 saturated heterocycles. The standard InChI is InChI=1S/C35H29N7O4/c1-21(43)39-26-8-3-6-24(19-26)29-14-15-30-34(40-29)42(33(41-30)28-9-4-16-37-32(28)36)27-12-10-22(11-13-27)20-38-35(46)25-7-2-5-23(17-25)18-31(44)45/h2-17,19H,18,20H2,1H3,(H2,36,37)(H,38,46)(H,39,43)(H,44,45). The van der Waals surface area contributed by atoms with Crippen LogP contribution in [0.4, 0.5) is 11.5 Å². The lowest BCUT2D eigenvalue weighted by Gasteiger charge is -2.12. The van der Waals surface area contributed by atoms with E-state index in [1.54, 1.807) is 36.5 Å². The van der Waals surface area contributed by atoms with E-state index in [0.29, 0.717) is 50.9 Å². The number of hydrogen-bond donors (Lipinski definition) is 4. The first-order chi connectivity index (χ1) is 22.2. The minimum atomic E-state index is -0.958. The number of pyridine rings is 2. The zero-order valence-corrected chi connectivity index (χ0v) is 24.8. The van der Waals surface area contributed by atoms with Gasteiger partial charge in [0.2, 0.25) is 5.91 Å². The summed E-state index contributed by atoms with van der Waals surface area (Å²) in [6.07, 6.45) is 1.47. The quantitative estimate of drug-likeness (QED) is 0.172. The topological polar surface area (TPSA) is 165 Å². The molecule has 0 saturated carbocycles. The van der Waals surface area contributed by atoms with Gasteiger partial charge in [0.25, 0.3) is 5.91 Å². The van der Waals surface area contributed by atoms with E-state index in [1.807, 2.05) is 71.3 Å². The summed E-state index contributed by atoms with van der Waals surface area (Å²) in [5.41, 5.74) is 12.9. The van der Waals surface area contributed by atoms with Gasteiger partial charge in [0.05, 0.1) is 17.7 Å². The molecule has 228 valence electrons. The number of anilines is 2. The average Bonchev–Trinajstić information content (AvgIpc) is 3.42. The van der Waals surface area contributed by atoms with Crippen LogP contribution in [0.3, 0.4) is 0 Å². The Hall–Kier alpha value is -6.36. The monoisotopic (exact) mass is 611 g/mol. The van der Waals surface area contributed by atoms with Gasteiger partial charge < -0.3 is 21.5 Å². The maximum Gasteiger partial charge on any atom is 0.307 e. The first-order valence-corrected chi connectivity index (χ1v) is 14.4. The lowest BCUT2D eigenvalue weighted by Crippen LogP contribution is -2.23. The summed E-state index contributed by atoms with van der Waals surface area (Å²) in [4.78, 5) is 49.6.